The zero-order chi connectivity index (χ0) is 17.3. The molecule has 2 fully saturated rings. The van der Waals surface area contributed by atoms with Gasteiger partial charge in [-0.25, -0.2) is 0 Å². The maximum Gasteiger partial charge on any atom is 0.227 e. The molecule has 24 heavy (non-hydrogen) atoms. The molecule has 1 saturated carbocycles. The number of aromatic nitrogens is 2. The van der Waals surface area contributed by atoms with Crippen molar-refractivity contribution >= 4 is 5.91 Å². The minimum absolute atomic E-state index is 0.321. The standard InChI is InChI=1S/C20H33N3O/c1-14(2)13-23-16(4)18(15(3)21-23)12-20(24)22-11-7-9-17-8-5-6-10-19(17)22/h14,17,19H,5-13H2,1-4H3. The van der Waals surface area contributed by atoms with Crippen molar-refractivity contribution in [2.24, 2.45) is 11.8 Å². The fourth-order valence-electron chi connectivity index (χ4n) is 4.70. The number of piperidine rings is 1. The molecule has 4 nitrogen and oxygen atoms in total. The van der Waals surface area contributed by atoms with E-state index in [-0.39, 0.29) is 0 Å². The summed E-state index contributed by atoms with van der Waals surface area (Å²) in [6.45, 7) is 10.5. The maximum absolute atomic E-state index is 13.0. The van der Waals surface area contributed by atoms with Crippen LogP contribution < -0.4 is 0 Å². The molecule has 1 aromatic heterocycles. The molecule has 0 radical (unpaired) electrons. The molecule has 0 N–H and O–H groups in total. The predicted molar refractivity (Wildman–Crippen MR) is 96.9 cm³/mol. The van der Waals surface area contributed by atoms with Gasteiger partial charge in [0, 0.05) is 30.4 Å². The molecular formula is C20H33N3O. The van der Waals surface area contributed by atoms with Gasteiger partial charge in [0.25, 0.3) is 0 Å². The normalized spacial score (nSPS) is 24.3. The lowest BCUT2D eigenvalue weighted by molar-refractivity contribution is -0.136. The molecule has 0 aromatic carbocycles. The number of amides is 1. The van der Waals surface area contributed by atoms with Crippen molar-refractivity contribution in [2.45, 2.75) is 85.2 Å². The number of fused-ring (bicyclic) bond motifs is 1. The Kier molecular flexibility index (Phi) is 5.31. The van der Waals surface area contributed by atoms with Crippen molar-refractivity contribution in [2.75, 3.05) is 6.54 Å². The lowest BCUT2D eigenvalue weighted by Crippen LogP contribution is -2.50. The molecular weight excluding hydrogens is 298 g/mol. The Morgan fingerprint density at radius 2 is 1.88 bits per heavy atom. The van der Waals surface area contributed by atoms with Crippen molar-refractivity contribution in [3.63, 3.8) is 0 Å². The van der Waals surface area contributed by atoms with Gasteiger partial charge in [-0.15, -0.1) is 0 Å². The number of hydrogen-bond acceptors (Lipinski definition) is 2. The molecule has 1 amide bonds. The summed E-state index contributed by atoms with van der Waals surface area (Å²) in [5.41, 5.74) is 3.35. The monoisotopic (exact) mass is 331 g/mol. The molecule has 0 bridgehead atoms. The SMILES string of the molecule is Cc1nn(CC(C)C)c(C)c1CC(=O)N1CCCC2CCCCC21. The van der Waals surface area contributed by atoms with Crippen LogP contribution in [0, 0.1) is 25.7 Å². The summed E-state index contributed by atoms with van der Waals surface area (Å²) in [7, 11) is 0. The van der Waals surface area contributed by atoms with Crippen LogP contribution in [0.4, 0.5) is 0 Å². The highest BCUT2D eigenvalue weighted by Crippen LogP contribution is 2.35. The molecule has 1 aromatic rings. The van der Waals surface area contributed by atoms with Gasteiger partial charge in [-0.1, -0.05) is 26.7 Å². The Hall–Kier alpha value is -1.32. The third kappa shape index (κ3) is 3.52. The Balaban J connectivity index is 1.73. The molecule has 2 unspecified atom stereocenters. The highest BCUT2D eigenvalue weighted by molar-refractivity contribution is 5.79. The van der Waals surface area contributed by atoms with Crippen LogP contribution in [0.5, 0.6) is 0 Å². The van der Waals surface area contributed by atoms with Crippen LogP contribution in [0.25, 0.3) is 0 Å². The molecule has 4 heteroatoms. The first kappa shape index (κ1) is 17.5. The summed E-state index contributed by atoms with van der Waals surface area (Å²) < 4.78 is 2.09. The average Bonchev–Trinajstić information content (AvgIpc) is 2.81. The largest absolute Gasteiger partial charge is 0.339 e. The summed E-state index contributed by atoms with van der Waals surface area (Å²) in [5.74, 6) is 1.64. The van der Waals surface area contributed by atoms with E-state index in [1.54, 1.807) is 0 Å². The summed E-state index contributed by atoms with van der Waals surface area (Å²) in [5, 5.41) is 4.68. The van der Waals surface area contributed by atoms with Crippen LogP contribution in [0.2, 0.25) is 0 Å². The van der Waals surface area contributed by atoms with Crippen LogP contribution in [-0.2, 0) is 17.8 Å². The van der Waals surface area contributed by atoms with Crippen LogP contribution >= 0.6 is 0 Å². The van der Waals surface area contributed by atoms with Gasteiger partial charge < -0.3 is 4.90 Å². The minimum atomic E-state index is 0.321. The van der Waals surface area contributed by atoms with E-state index in [1.807, 2.05) is 6.92 Å². The van der Waals surface area contributed by atoms with Crippen LogP contribution in [0.1, 0.15) is 69.3 Å². The molecule has 1 saturated heterocycles. The number of rotatable bonds is 4. The second-order valence-corrected chi connectivity index (χ2v) is 8.24. The third-order valence-corrected chi connectivity index (χ3v) is 5.96. The van der Waals surface area contributed by atoms with Gasteiger partial charge >= 0.3 is 0 Å². The molecule has 1 aliphatic heterocycles. The molecule has 134 valence electrons. The second-order valence-electron chi connectivity index (χ2n) is 8.24. The van der Waals surface area contributed by atoms with Gasteiger partial charge in [-0.2, -0.15) is 5.10 Å². The maximum atomic E-state index is 13.0. The minimum Gasteiger partial charge on any atom is -0.339 e. The molecule has 3 rings (SSSR count). The zero-order valence-corrected chi connectivity index (χ0v) is 15.8. The van der Waals surface area contributed by atoms with Gasteiger partial charge in [0.2, 0.25) is 5.91 Å². The lowest BCUT2D eigenvalue weighted by Gasteiger charge is -2.44. The molecule has 2 aliphatic rings. The van der Waals surface area contributed by atoms with Crippen molar-refractivity contribution in [3.05, 3.63) is 17.0 Å². The highest BCUT2D eigenvalue weighted by Gasteiger charge is 2.35. The number of likely N-dealkylation sites (tertiary alicyclic amines) is 1. The Bertz CT molecular complexity index is 588. The van der Waals surface area contributed by atoms with Gasteiger partial charge in [0.05, 0.1) is 12.1 Å². The van der Waals surface area contributed by atoms with Crippen molar-refractivity contribution < 1.29 is 4.79 Å². The summed E-state index contributed by atoms with van der Waals surface area (Å²) >= 11 is 0. The smallest absolute Gasteiger partial charge is 0.227 e. The number of nitrogens with zero attached hydrogens (tertiary/aromatic N) is 3. The number of carbonyl (C=O) groups excluding carboxylic acids is 1. The van der Waals surface area contributed by atoms with Gasteiger partial charge in [-0.05, 0) is 51.4 Å². The first-order valence-electron chi connectivity index (χ1n) is 9.79. The third-order valence-electron chi connectivity index (χ3n) is 5.96. The molecule has 2 heterocycles. The Labute approximate surface area is 146 Å². The van der Waals surface area contributed by atoms with Crippen LogP contribution in [0.15, 0.2) is 0 Å². The lowest BCUT2D eigenvalue weighted by atomic mass is 9.78. The topological polar surface area (TPSA) is 38.1 Å². The van der Waals surface area contributed by atoms with E-state index < -0.39 is 0 Å². The number of carbonyl (C=O) groups is 1. The van der Waals surface area contributed by atoms with E-state index >= 15 is 0 Å². The van der Waals surface area contributed by atoms with Crippen molar-refractivity contribution in [1.29, 1.82) is 0 Å². The van der Waals surface area contributed by atoms with E-state index in [0.29, 0.717) is 24.3 Å². The summed E-state index contributed by atoms with van der Waals surface area (Å²) in [6, 6.07) is 0.506. The average molecular weight is 332 g/mol. The van der Waals surface area contributed by atoms with E-state index in [2.05, 4.69) is 35.5 Å². The molecule has 0 spiro atoms. The second kappa shape index (κ2) is 7.28. The van der Waals surface area contributed by atoms with E-state index in [0.717, 1.165) is 30.3 Å². The van der Waals surface area contributed by atoms with Gasteiger partial charge in [-0.3, -0.25) is 9.48 Å². The predicted octanol–water partition coefficient (Wildman–Crippen LogP) is 3.88. The van der Waals surface area contributed by atoms with E-state index in [9.17, 15) is 4.79 Å². The summed E-state index contributed by atoms with van der Waals surface area (Å²) in [4.78, 5) is 15.3. The fraction of sp³-hybridized carbons (Fsp3) is 0.800. The first-order valence-corrected chi connectivity index (χ1v) is 9.79. The Morgan fingerprint density at radius 3 is 2.62 bits per heavy atom. The Morgan fingerprint density at radius 1 is 1.17 bits per heavy atom. The molecule has 2 atom stereocenters. The fourth-order valence-corrected chi connectivity index (χ4v) is 4.70. The van der Waals surface area contributed by atoms with Crippen LogP contribution in [0.3, 0.4) is 0 Å². The number of aryl methyl sites for hydroxylation is 1. The number of hydrogen-bond donors (Lipinski definition) is 0. The van der Waals surface area contributed by atoms with E-state index in [4.69, 9.17) is 0 Å². The molecule has 1 aliphatic carbocycles. The van der Waals surface area contributed by atoms with Gasteiger partial charge in [0.15, 0.2) is 0 Å². The van der Waals surface area contributed by atoms with Crippen molar-refractivity contribution in [1.82, 2.24) is 14.7 Å². The highest BCUT2D eigenvalue weighted by atomic mass is 16.2. The van der Waals surface area contributed by atoms with E-state index in [1.165, 1.54) is 44.2 Å². The zero-order valence-electron chi connectivity index (χ0n) is 15.8. The van der Waals surface area contributed by atoms with Crippen molar-refractivity contribution in [3.8, 4) is 0 Å². The quantitative estimate of drug-likeness (QED) is 0.840. The first-order chi connectivity index (χ1) is 11.5. The van der Waals surface area contributed by atoms with Crippen LogP contribution in [-0.4, -0.2) is 33.2 Å². The summed E-state index contributed by atoms with van der Waals surface area (Å²) in [6.07, 6.45) is 8.19. The van der Waals surface area contributed by atoms with Gasteiger partial charge in [0.1, 0.15) is 0 Å².